The monoisotopic (exact) mass is 352 g/mol. The number of benzene rings is 1. The van der Waals surface area contributed by atoms with Gasteiger partial charge in [-0.05, 0) is 55.0 Å². The van der Waals surface area contributed by atoms with Crippen LogP contribution in [0.1, 0.15) is 63.1 Å². The lowest BCUT2D eigenvalue weighted by atomic mass is 9.90. The van der Waals surface area contributed by atoms with Gasteiger partial charge in [0.1, 0.15) is 5.75 Å². The fourth-order valence-corrected chi connectivity index (χ4v) is 4.42. The van der Waals surface area contributed by atoms with Crippen molar-refractivity contribution < 1.29 is 9.53 Å². The molecule has 2 aliphatic rings. The summed E-state index contributed by atoms with van der Waals surface area (Å²) in [4.78, 5) is 18.2. The number of hydrogen-bond donors (Lipinski definition) is 1. The van der Waals surface area contributed by atoms with Crippen LogP contribution in [0.15, 0.2) is 23.8 Å². The number of aromatic nitrogens is 1. The highest BCUT2D eigenvalue weighted by Gasteiger charge is 2.33. The Kier molecular flexibility index (Phi) is 4.75. The van der Waals surface area contributed by atoms with Gasteiger partial charge in [0, 0.05) is 23.9 Å². The van der Waals surface area contributed by atoms with Crippen molar-refractivity contribution in [3.05, 3.63) is 35.0 Å². The Labute approximate surface area is 155 Å². The summed E-state index contributed by atoms with van der Waals surface area (Å²) in [5.41, 5.74) is 6.27. The van der Waals surface area contributed by atoms with E-state index in [-0.39, 0.29) is 5.91 Å². The zero-order chi connectivity index (χ0) is 18.1. The second kappa shape index (κ2) is 7.18. The molecule has 4 heteroatoms. The number of ether oxygens (including phenoxy) is 1. The van der Waals surface area contributed by atoms with E-state index in [1.807, 2.05) is 11.0 Å². The Bertz CT molecular complexity index is 862. The lowest BCUT2D eigenvalue weighted by Crippen LogP contribution is -2.38. The van der Waals surface area contributed by atoms with Crippen LogP contribution in [0.5, 0.6) is 5.75 Å². The number of aromatic amines is 1. The number of hydrogen-bond acceptors (Lipinski definition) is 2. The van der Waals surface area contributed by atoms with Crippen molar-refractivity contribution in [1.82, 2.24) is 9.88 Å². The summed E-state index contributed by atoms with van der Waals surface area (Å²) in [6.07, 6.45) is 8.63. The molecule has 138 valence electrons. The van der Waals surface area contributed by atoms with Crippen molar-refractivity contribution >= 4 is 22.5 Å². The van der Waals surface area contributed by atoms with Crippen LogP contribution in [0.2, 0.25) is 0 Å². The summed E-state index contributed by atoms with van der Waals surface area (Å²) in [6.45, 7) is 3.04. The highest BCUT2D eigenvalue weighted by Crippen LogP contribution is 2.41. The Morgan fingerprint density at radius 1 is 1.15 bits per heavy atom. The number of fused-ring (bicyclic) bond motifs is 5. The van der Waals surface area contributed by atoms with Crippen LogP contribution in [0.25, 0.3) is 16.6 Å². The molecule has 0 bridgehead atoms. The number of amides is 1. The quantitative estimate of drug-likeness (QED) is 0.741. The van der Waals surface area contributed by atoms with Gasteiger partial charge >= 0.3 is 0 Å². The zero-order valence-corrected chi connectivity index (χ0v) is 15.9. The van der Waals surface area contributed by atoms with E-state index >= 15 is 0 Å². The summed E-state index contributed by atoms with van der Waals surface area (Å²) in [5, 5.41) is 1.23. The predicted octanol–water partition coefficient (Wildman–Crippen LogP) is 5.04. The molecule has 0 atom stereocenters. The molecule has 26 heavy (non-hydrogen) atoms. The molecular weight excluding hydrogens is 324 g/mol. The second-order valence-corrected chi connectivity index (χ2v) is 7.45. The van der Waals surface area contributed by atoms with Crippen LogP contribution >= 0.6 is 0 Å². The van der Waals surface area contributed by atoms with Crippen molar-refractivity contribution in [3.8, 4) is 5.75 Å². The number of nitrogens with zero attached hydrogens (tertiary/aromatic N) is 1. The molecule has 1 aromatic carbocycles. The lowest BCUT2D eigenvalue weighted by Gasteiger charge is -2.35. The first-order valence-corrected chi connectivity index (χ1v) is 9.94. The first kappa shape index (κ1) is 17.2. The fraction of sp³-hybridized carbons (Fsp3) is 0.500. The van der Waals surface area contributed by atoms with Crippen LogP contribution in [-0.2, 0) is 11.2 Å². The van der Waals surface area contributed by atoms with Gasteiger partial charge in [0.05, 0.1) is 18.5 Å². The second-order valence-electron chi connectivity index (χ2n) is 7.45. The first-order valence-electron chi connectivity index (χ1n) is 9.94. The van der Waals surface area contributed by atoms with E-state index in [0.29, 0.717) is 6.42 Å². The number of unbranched alkanes of at least 4 members (excludes halogenated alkanes) is 3. The Morgan fingerprint density at radius 3 is 2.85 bits per heavy atom. The third kappa shape index (κ3) is 2.91. The van der Waals surface area contributed by atoms with Gasteiger partial charge < -0.3 is 14.6 Å². The number of nitrogens with one attached hydrogen (secondary N) is 1. The molecule has 1 aromatic heterocycles. The largest absolute Gasteiger partial charge is 0.497 e. The van der Waals surface area contributed by atoms with Crippen molar-refractivity contribution in [3.63, 3.8) is 0 Å². The Hall–Kier alpha value is -2.23. The van der Waals surface area contributed by atoms with Crippen molar-refractivity contribution in [1.29, 1.82) is 0 Å². The molecule has 4 nitrogen and oxygen atoms in total. The summed E-state index contributed by atoms with van der Waals surface area (Å²) in [7, 11) is 1.71. The topological polar surface area (TPSA) is 45.3 Å². The lowest BCUT2D eigenvalue weighted by molar-refractivity contribution is -0.128. The zero-order valence-electron chi connectivity index (χ0n) is 15.9. The van der Waals surface area contributed by atoms with Gasteiger partial charge in [-0.15, -0.1) is 0 Å². The van der Waals surface area contributed by atoms with E-state index < -0.39 is 0 Å². The molecule has 0 saturated heterocycles. The van der Waals surface area contributed by atoms with Gasteiger partial charge in [-0.1, -0.05) is 26.2 Å². The number of methoxy groups -OCH3 is 1. The summed E-state index contributed by atoms with van der Waals surface area (Å²) >= 11 is 0. The molecule has 2 aliphatic heterocycles. The van der Waals surface area contributed by atoms with E-state index in [0.717, 1.165) is 42.8 Å². The van der Waals surface area contributed by atoms with Gasteiger partial charge in [0.15, 0.2) is 0 Å². The third-order valence-electron chi connectivity index (χ3n) is 5.81. The molecule has 4 rings (SSSR count). The first-order chi connectivity index (χ1) is 12.7. The fourth-order valence-electron chi connectivity index (χ4n) is 4.42. The molecule has 0 spiro atoms. The molecule has 3 heterocycles. The molecule has 0 radical (unpaired) electrons. The summed E-state index contributed by atoms with van der Waals surface area (Å²) in [5.74, 6) is 1.16. The minimum atomic E-state index is 0.277. The standard InChI is InChI=1S/C22H28N2O2/c1-3-4-5-6-7-15-8-11-20(25)24-13-12-17-18-14-16(26-2)9-10-19(18)23-21(17)22(15)24/h9-10,14,23H,3-8,11-13H2,1-2H3. The van der Waals surface area contributed by atoms with Gasteiger partial charge in [-0.25, -0.2) is 0 Å². The maximum atomic E-state index is 12.5. The minimum absolute atomic E-state index is 0.277. The minimum Gasteiger partial charge on any atom is -0.497 e. The Morgan fingerprint density at radius 2 is 2.04 bits per heavy atom. The van der Waals surface area contributed by atoms with Crippen molar-refractivity contribution in [2.75, 3.05) is 13.7 Å². The van der Waals surface area contributed by atoms with Crippen LogP contribution in [-0.4, -0.2) is 29.4 Å². The van der Waals surface area contributed by atoms with E-state index in [1.165, 1.54) is 47.9 Å². The van der Waals surface area contributed by atoms with Crippen LogP contribution < -0.4 is 4.74 Å². The third-order valence-corrected chi connectivity index (χ3v) is 5.81. The number of rotatable bonds is 6. The number of carbonyl (C=O) groups is 1. The smallest absolute Gasteiger partial charge is 0.227 e. The van der Waals surface area contributed by atoms with E-state index in [2.05, 4.69) is 24.0 Å². The summed E-state index contributed by atoms with van der Waals surface area (Å²) < 4.78 is 5.41. The maximum absolute atomic E-state index is 12.5. The average molecular weight is 352 g/mol. The molecule has 0 fully saturated rings. The van der Waals surface area contributed by atoms with E-state index in [1.54, 1.807) is 7.11 Å². The van der Waals surface area contributed by atoms with Crippen LogP contribution in [0, 0.1) is 0 Å². The van der Waals surface area contributed by atoms with Gasteiger partial charge in [0.2, 0.25) is 5.91 Å². The Balaban J connectivity index is 1.77. The number of H-pyrrole nitrogens is 1. The molecule has 2 aromatic rings. The van der Waals surface area contributed by atoms with Crippen LogP contribution in [0.3, 0.4) is 0 Å². The average Bonchev–Trinajstić information content (AvgIpc) is 3.04. The molecule has 1 N–H and O–H groups in total. The van der Waals surface area contributed by atoms with Gasteiger partial charge in [-0.3, -0.25) is 4.79 Å². The van der Waals surface area contributed by atoms with E-state index in [9.17, 15) is 4.79 Å². The van der Waals surface area contributed by atoms with Crippen LogP contribution in [0.4, 0.5) is 0 Å². The van der Waals surface area contributed by atoms with Crippen molar-refractivity contribution in [2.24, 2.45) is 0 Å². The summed E-state index contributed by atoms with van der Waals surface area (Å²) in [6, 6.07) is 6.20. The van der Waals surface area contributed by atoms with Crippen molar-refractivity contribution in [2.45, 2.75) is 58.3 Å². The highest BCUT2D eigenvalue weighted by molar-refractivity contribution is 5.96. The predicted molar refractivity (Wildman–Crippen MR) is 105 cm³/mol. The maximum Gasteiger partial charge on any atom is 0.227 e. The normalized spacial score (nSPS) is 16.8. The van der Waals surface area contributed by atoms with E-state index in [4.69, 9.17) is 4.74 Å². The van der Waals surface area contributed by atoms with Gasteiger partial charge in [0.25, 0.3) is 0 Å². The highest BCUT2D eigenvalue weighted by atomic mass is 16.5. The number of allylic oxidation sites excluding steroid dienone is 1. The SMILES string of the molecule is CCCCCCC1=C2c3[nH]c4ccc(OC)cc4c3CCN2C(=O)CC1. The molecule has 0 unspecified atom stereocenters. The molecular formula is C22H28N2O2. The molecule has 0 saturated carbocycles. The van der Waals surface area contributed by atoms with Gasteiger partial charge in [-0.2, -0.15) is 0 Å². The molecule has 1 amide bonds. The molecule has 0 aliphatic carbocycles. The number of carbonyl (C=O) groups excluding carboxylic acids is 1.